The summed E-state index contributed by atoms with van der Waals surface area (Å²) in [6.45, 7) is 4.14. The highest BCUT2D eigenvalue weighted by molar-refractivity contribution is 5.70. The monoisotopic (exact) mass is 1010 g/mol. The molecule has 0 fully saturated rings. The van der Waals surface area contributed by atoms with Crippen molar-refractivity contribution in [2.24, 2.45) is 0 Å². The van der Waals surface area contributed by atoms with E-state index in [2.05, 4.69) is 62.5 Å². The molecular formula is C67H124O5. The van der Waals surface area contributed by atoms with Crippen molar-refractivity contribution in [1.29, 1.82) is 0 Å². The molecular weight excluding hydrogens is 885 g/mol. The maximum atomic E-state index is 12.3. The molecule has 0 spiro atoms. The van der Waals surface area contributed by atoms with Crippen LogP contribution in [0.5, 0.6) is 0 Å². The average molecular weight is 1010 g/mol. The zero-order chi connectivity index (χ0) is 52.0. The molecule has 0 aromatic carbocycles. The zero-order valence-electron chi connectivity index (χ0n) is 48.5. The Bertz CT molecular complexity index is 1190. The van der Waals surface area contributed by atoms with E-state index in [9.17, 15) is 14.7 Å². The van der Waals surface area contributed by atoms with E-state index in [1.165, 1.54) is 270 Å². The van der Waals surface area contributed by atoms with Gasteiger partial charge in [-0.1, -0.05) is 306 Å². The molecule has 1 N–H and O–H groups in total. The Morgan fingerprint density at radius 1 is 0.319 bits per heavy atom. The molecule has 422 valence electrons. The molecule has 0 aliphatic carbocycles. The Kier molecular flexibility index (Phi) is 61.3. The number of hydrogen-bond acceptors (Lipinski definition) is 5. The zero-order valence-corrected chi connectivity index (χ0v) is 48.5. The lowest BCUT2D eigenvalue weighted by Gasteiger charge is -2.15. The van der Waals surface area contributed by atoms with Crippen LogP contribution in [0.4, 0.5) is 0 Å². The number of aliphatic hydroxyl groups is 1. The number of rotatable bonds is 60. The summed E-state index contributed by atoms with van der Waals surface area (Å²) in [4.78, 5) is 24.5. The van der Waals surface area contributed by atoms with E-state index in [1.54, 1.807) is 0 Å². The minimum atomic E-state index is -0.774. The molecule has 0 bridgehead atoms. The van der Waals surface area contributed by atoms with Crippen molar-refractivity contribution in [3.8, 4) is 0 Å². The highest BCUT2D eigenvalue weighted by atomic mass is 16.6. The number of hydrogen-bond donors (Lipinski definition) is 1. The van der Waals surface area contributed by atoms with Crippen LogP contribution in [-0.2, 0) is 19.1 Å². The first-order valence-electron chi connectivity index (χ1n) is 32.2. The van der Waals surface area contributed by atoms with Crippen LogP contribution in [0.1, 0.15) is 348 Å². The van der Waals surface area contributed by atoms with Crippen LogP contribution < -0.4 is 0 Å². The Hall–Kier alpha value is -2.14. The molecule has 0 aliphatic rings. The predicted octanol–water partition coefficient (Wildman–Crippen LogP) is 22.0. The van der Waals surface area contributed by atoms with Crippen LogP contribution in [0.15, 0.2) is 48.6 Å². The van der Waals surface area contributed by atoms with E-state index in [1.807, 2.05) is 0 Å². The van der Waals surface area contributed by atoms with E-state index in [0.717, 1.165) is 51.4 Å². The van der Waals surface area contributed by atoms with Crippen molar-refractivity contribution in [2.45, 2.75) is 354 Å². The van der Waals surface area contributed by atoms with Crippen molar-refractivity contribution < 1.29 is 24.2 Å². The van der Waals surface area contributed by atoms with Gasteiger partial charge in [0.15, 0.2) is 6.10 Å². The lowest BCUT2D eigenvalue weighted by atomic mass is 10.0. The van der Waals surface area contributed by atoms with Crippen LogP contribution in [0.3, 0.4) is 0 Å². The Morgan fingerprint density at radius 3 is 0.847 bits per heavy atom. The lowest BCUT2D eigenvalue weighted by Crippen LogP contribution is -2.28. The van der Waals surface area contributed by atoms with Crippen molar-refractivity contribution in [2.75, 3.05) is 13.2 Å². The first kappa shape index (κ1) is 69.9. The van der Waals surface area contributed by atoms with Gasteiger partial charge in [-0.15, -0.1) is 0 Å². The van der Waals surface area contributed by atoms with E-state index in [4.69, 9.17) is 9.47 Å². The smallest absolute Gasteiger partial charge is 0.306 e. The van der Waals surface area contributed by atoms with E-state index >= 15 is 0 Å². The van der Waals surface area contributed by atoms with Gasteiger partial charge in [0.2, 0.25) is 0 Å². The summed E-state index contributed by atoms with van der Waals surface area (Å²) in [6.07, 6.45) is 84.2. The lowest BCUT2D eigenvalue weighted by molar-refractivity contribution is -0.161. The molecule has 0 heterocycles. The van der Waals surface area contributed by atoms with Crippen LogP contribution in [0.2, 0.25) is 0 Å². The molecule has 5 nitrogen and oxygen atoms in total. The number of carbonyl (C=O) groups excluding carboxylic acids is 2. The topological polar surface area (TPSA) is 72.8 Å². The largest absolute Gasteiger partial charge is 0.462 e. The van der Waals surface area contributed by atoms with Gasteiger partial charge in [0.1, 0.15) is 6.61 Å². The third-order valence-corrected chi connectivity index (χ3v) is 14.6. The molecule has 1 unspecified atom stereocenters. The molecule has 72 heavy (non-hydrogen) atoms. The fourth-order valence-electron chi connectivity index (χ4n) is 9.74. The minimum Gasteiger partial charge on any atom is -0.462 e. The summed E-state index contributed by atoms with van der Waals surface area (Å²) in [5, 5.41) is 9.66. The van der Waals surface area contributed by atoms with Crippen LogP contribution in [0, 0.1) is 0 Å². The number of unbranched alkanes of at least 4 members (excludes halogenated alkanes) is 44. The van der Waals surface area contributed by atoms with Gasteiger partial charge in [-0.05, 0) is 77.0 Å². The highest BCUT2D eigenvalue weighted by Crippen LogP contribution is 2.18. The standard InChI is InChI=1S/C67H124O5/c1-3-5-7-9-11-13-15-17-19-21-22-23-24-25-26-27-28-29-30-31-32-33-34-35-36-37-38-39-40-41-42-43-44-46-48-50-52-54-56-58-60-62-67(70)72-65(63-68)64-71-66(69)61-59-57-55-53-51-49-47-45-20-18-16-14-12-10-8-6-4-2/h12,14-15,17-18,20-22,65,68H,3-11,13,16,19,23-64H2,1-2H3/b14-12-,17-15-,20-18-,22-21-. The number of esters is 2. The number of allylic oxidation sites excluding steroid dienone is 8. The van der Waals surface area contributed by atoms with Crippen LogP contribution >= 0.6 is 0 Å². The highest BCUT2D eigenvalue weighted by Gasteiger charge is 2.16. The number of carbonyl (C=O) groups is 2. The first-order chi connectivity index (χ1) is 35.6. The summed E-state index contributed by atoms with van der Waals surface area (Å²) in [5.41, 5.74) is 0. The van der Waals surface area contributed by atoms with Crippen LogP contribution in [-0.4, -0.2) is 36.4 Å². The van der Waals surface area contributed by atoms with Gasteiger partial charge >= 0.3 is 11.9 Å². The summed E-state index contributed by atoms with van der Waals surface area (Å²) < 4.78 is 10.7. The van der Waals surface area contributed by atoms with Crippen molar-refractivity contribution >= 4 is 11.9 Å². The van der Waals surface area contributed by atoms with Crippen molar-refractivity contribution in [3.05, 3.63) is 48.6 Å². The van der Waals surface area contributed by atoms with Gasteiger partial charge in [-0.3, -0.25) is 9.59 Å². The quantitative estimate of drug-likeness (QED) is 0.0373. The molecule has 0 rings (SSSR count). The number of ether oxygens (including phenoxy) is 2. The van der Waals surface area contributed by atoms with E-state index in [0.29, 0.717) is 12.8 Å². The van der Waals surface area contributed by atoms with Crippen LogP contribution in [0.25, 0.3) is 0 Å². The maximum absolute atomic E-state index is 12.3. The van der Waals surface area contributed by atoms with Gasteiger partial charge < -0.3 is 14.6 Å². The van der Waals surface area contributed by atoms with Crippen molar-refractivity contribution in [1.82, 2.24) is 0 Å². The van der Waals surface area contributed by atoms with Gasteiger partial charge in [0, 0.05) is 12.8 Å². The minimum absolute atomic E-state index is 0.0663. The third kappa shape index (κ3) is 60.4. The molecule has 0 radical (unpaired) electrons. The van der Waals surface area contributed by atoms with Gasteiger partial charge in [-0.25, -0.2) is 0 Å². The Labute approximate surface area is 449 Å². The SMILES string of the molecule is CCCCC/C=C\C/C=C\CCCCCCCCCC(=O)OCC(CO)OC(=O)CCCCCCCCCCCCCCCCCCCCCCCCCCCCCCC/C=C\C/C=C\CCCCCCC. The summed E-state index contributed by atoms with van der Waals surface area (Å²) in [5.74, 6) is -0.584. The summed E-state index contributed by atoms with van der Waals surface area (Å²) >= 11 is 0. The Morgan fingerprint density at radius 2 is 0.556 bits per heavy atom. The van der Waals surface area contributed by atoms with Gasteiger partial charge in [0.05, 0.1) is 6.61 Å². The first-order valence-corrected chi connectivity index (χ1v) is 32.2. The van der Waals surface area contributed by atoms with Gasteiger partial charge in [-0.2, -0.15) is 0 Å². The van der Waals surface area contributed by atoms with Gasteiger partial charge in [0.25, 0.3) is 0 Å². The second-order valence-corrected chi connectivity index (χ2v) is 21.8. The van der Waals surface area contributed by atoms with E-state index < -0.39 is 6.10 Å². The molecule has 5 heteroatoms. The average Bonchev–Trinajstić information content (AvgIpc) is 3.38. The maximum Gasteiger partial charge on any atom is 0.306 e. The molecule has 0 saturated carbocycles. The van der Waals surface area contributed by atoms with E-state index in [-0.39, 0.29) is 25.2 Å². The second-order valence-electron chi connectivity index (χ2n) is 21.8. The summed E-state index contributed by atoms with van der Waals surface area (Å²) in [7, 11) is 0. The third-order valence-electron chi connectivity index (χ3n) is 14.6. The molecule has 0 amide bonds. The molecule has 0 aromatic rings. The number of aliphatic hydroxyl groups excluding tert-OH is 1. The predicted molar refractivity (Wildman–Crippen MR) is 316 cm³/mol. The van der Waals surface area contributed by atoms with Crippen molar-refractivity contribution in [3.63, 3.8) is 0 Å². The second kappa shape index (κ2) is 63.2. The molecule has 0 saturated heterocycles. The normalized spacial score (nSPS) is 12.4. The molecule has 1 atom stereocenters. The molecule has 0 aliphatic heterocycles. The fourth-order valence-corrected chi connectivity index (χ4v) is 9.74. The summed E-state index contributed by atoms with van der Waals surface area (Å²) in [6, 6.07) is 0. The molecule has 0 aromatic heterocycles. The Balaban J connectivity index is 3.36. The fraction of sp³-hybridized carbons (Fsp3) is 0.851.